The van der Waals surface area contributed by atoms with Crippen molar-refractivity contribution in [2.45, 2.75) is 0 Å². The van der Waals surface area contributed by atoms with Gasteiger partial charge in [0.25, 0.3) is 17.7 Å². The molecule has 3 amide bonds. The van der Waals surface area contributed by atoms with Crippen molar-refractivity contribution >= 4 is 39.3 Å². The van der Waals surface area contributed by atoms with Gasteiger partial charge in [0.05, 0.1) is 21.3 Å². The van der Waals surface area contributed by atoms with Gasteiger partial charge in [-0.3, -0.25) is 19.3 Å². The predicted octanol–water partition coefficient (Wildman–Crippen LogP) is 2.24. The van der Waals surface area contributed by atoms with Crippen LogP contribution in [-0.2, 0) is 11.8 Å². The number of hydrogen-bond acceptors (Lipinski definition) is 4. The third-order valence-corrected chi connectivity index (χ3v) is 5.29. The second-order valence-corrected chi connectivity index (χ2v) is 6.93. The monoisotopic (exact) mass is 387 g/mol. The van der Waals surface area contributed by atoms with Crippen LogP contribution in [0.25, 0.3) is 10.2 Å². The quantitative estimate of drug-likeness (QED) is 0.633. The Labute approximate surface area is 155 Å². The molecule has 1 aliphatic heterocycles. The van der Waals surface area contributed by atoms with Gasteiger partial charge in [-0.25, -0.2) is 8.78 Å². The summed E-state index contributed by atoms with van der Waals surface area (Å²) in [6.45, 7) is -0.530. The molecule has 0 fully saturated rings. The lowest BCUT2D eigenvalue weighted by Gasteiger charge is -2.10. The van der Waals surface area contributed by atoms with Crippen LogP contribution in [-0.4, -0.2) is 33.7 Å². The number of fused-ring (bicyclic) bond motifs is 2. The average molecular weight is 387 g/mol. The van der Waals surface area contributed by atoms with Crippen LogP contribution in [0, 0.1) is 11.6 Å². The van der Waals surface area contributed by atoms with Crippen LogP contribution < -0.4 is 4.80 Å². The zero-order chi connectivity index (χ0) is 19.3. The summed E-state index contributed by atoms with van der Waals surface area (Å²) in [5, 5.41) is 0. The Morgan fingerprint density at radius 1 is 1.11 bits per heavy atom. The highest BCUT2D eigenvalue weighted by atomic mass is 32.1. The zero-order valence-electron chi connectivity index (χ0n) is 13.9. The van der Waals surface area contributed by atoms with E-state index in [-0.39, 0.29) is 21.4 Å². The molecule has 1 aromatic heterocycles. The van der Waals surface area contributed by atoms with E-state index in [1.165, 1.54) is 23.7 Å². The smallest absolute Gasteiger partial charge is 0.268 e. The molecule has 9 heteroatoms. The summed E-state index contributed by atoms with van der Waals surface area (Å²) < 4.78 is 28.9. The van der Waals surface area contributed by atoms with E-state index < -0.39 is 35.9 Å². The van der Waals surface area contributed by atoms with Crippen molar-refractivity contribution in [2.75, 3.05) is 6.54 Å². The fourth-order valence-corrected chi connectivity index (χ4v) is 4.04. The number of halogens is 2. The number of nitrogens with zero attached hydrogens (tertiary/aromatic N) is 3. The second kappa shape index (κ2) is 6.20. The first-order valence-electron chi connectivity index (χ1n) is 7.84. The fraction of sp³-hybridized carbons (Fsp3) is 0.111. The molecule has 0 radical (unpaired) electrons. The van der Waals surface area contributed by atoms with Gasteiger partial charge in [0.15, 0.2) is 10.6 Å². The molecule has 0 N–H and O–H groups in total. The summed E-state index contributed by atoms with van der Waals surface area (Å²) in [4.78, 5) is 41.7. The number of aryl methyl sites for hydroxylation is 1. The van der Waals surface area contributed by atoms with Gasteiger partial charge in [0.1, 0.15) is 12.4 Å². The minimum atomic E-state index is -0.766. The number of aromatic nitrogens is 1. The van der Waals surface area contributed by atoms with E-state index >= 15 is 0 Å². The lowest BCUT2D eigenvalue weighted by atomic mass is 10.1. The van der Waals surface area contributed by atoms with E-state index in [9.17, 15) is 23.2 Å². The van der Waals surface area contributed by atoms with Crippen LogP contribution in [0.15, 0.2) is 41.4 Å². The van der Waals surface area contributed by atoms with Gasteiger partial charge in [-0.15, -0.1) is 0 Å². The Morgan fingerprint density at radius 2 is 1.74 bits per heavy atom. The van der Waals surface area contributed by atoms with Gasteiger partial charge >= 0.3 is 0 Å². The van der Waals surface area contributed by atoms with Crippen molar-refractivity contribution in [1.82, 2.24) is 9.47 Å². The van der Waals surface area contributed by atoms with Crippen molar-refractivity contribution in [3.63, 3.8) is 0 Å². The number of imide groups is 1. The normalized spacial score (nSPS) is 14.3. The Hall–Kier alpha value is -3.20. The third-order valence-electron chi connectivity index (χ3n) is 4.21. The van der Waals surface area contributed by atoms with Crippen LogP contribution in [0.1, 0.15) is 20.7 Å². The number of hydrogen-bond donors (Lipinski definition) is 0. The van der Waals surface area contributed by atoms with Crippen LogP contribution in [0.2, 0.25) is 0 Å². The first kappa shape index (κ1) is 17.2. The summed E-state index contributed by atoms with van der Waals surface area (Å²) in [5.74, 6) is -3.36. The molecular weight excluding hydrogens is 376 g/mol. The van der Waals surface area contributed by atoms with Gasteiger partial charge in [-0.2, -0.15) is 4.99 Å². The minimum absolute atomic E-state index is 0.119. The molecule has 2 heterocycles. The van der Waals surface area contributed by atoms with Gasteiger partial charge in [0, 0.05) is 13.1 Å². The van der Waals surface area contributed by atoms with Crippen molar-refractivity contribution in [1.29, 1.82) is 0 Å². The Kier molecular flexibility index (Phi) is 3.96. The van der Waals surface area contributed by atoms with Crippen molar-refractivity contribution in [3.05, 3.63) is 64.0 Å². The van der Waals surface area contributed by atoms with Crippen LogP contribution in [0.4, 0.5) is 8.78 Å². The van der Waals surface area contributed by atoms with Crippen molar-refractivity contribution in [3.8, 4) is 0 Å². The summed E-state index contributed by atoms with van der Waals surface area (Å²) in [7, 11) is 1.49. The van der Waals surface area contributed by atoms with E-state index in [2.05, 4.69) is 4.99 Å². The van der Waals surface area contributed by atoms with E-state index in [1.54, 1.807) is 12.1 Å². The third kappa shape index (κ3) is 2.76. The highest BCUT2D eigenvalue weighted by Crippen LogP contribution is 2.23. The minimum Gasteiger partial charge on any atom is -0.317 e. The number of carbonyl (C=O) groups is 3. The summed E-state index contributed by atoms with van der Waals surface area (Å²) in [6.07, 6.45) is 0. The molecular formula is C18H11F2N3O3S. The van der Waals surface area contributed by atoms with Crippen molar-refractivity contribution < 1.29 is 23.2 Å². The van der Waals surface area contributed by atoms with Gasteiger partial charge in [-0.05, 0) is 18.2 Å². The maximum absolute atomic E-state index is 14.0. The highest BCUT2D eigenvalue weighted by Gasteiger charge is 2.36. The predicted molar refractivity (Wildman–Crippen MR) is 93.1 cm³/mol. The second-order valence-electron chi connectivity index (χ2n) is 5.93. The number of rotatable bonds is 2. The molecule has 0 spiro atoms. The molecule has 1 aliphatic rings. The van der Waals surface area contributed by atoms with Crippen LogP contribution >= 0.6 is 11.3 Å². The van der Waals surface area contributed by atoms with E-state index in [0.29, 0.717) is 4.70 Å². The van der Waals surface area contributed by atoms with E-state index in [4.69, 9.17) is 0 Å². The molecule has 27 heavy (non-hydrogen) atoms. The van der Waals surface area contributed by atoms with Gasteiger partial charge in [0.2, 0.25) is 0 Å². The maximum atomic E-state index is 14.0. The number of benzene rings is 2. The molecule has 0 bridgehead atoms. The fourth-order valence-electron chi connectivity index (χ4n) is 2.97. The molecule has 0 aliphatic carbocycles. The Bertz CT molecular complexity index is 1180. The van der Waals surface area contributed by atoms with Gasteiger partial charge < -0.3 is 4.57 Å². The Morgan fingerprint density at radius 3 is 2.37 bits per heavy atom. The van der Waals surface area contributed by atoms with Crippen LogP contribution in [0.3, 0.4) is 0 Å². The average Bonchev–Trinajstić information content (AvgIpc) is 3.05. The zero-order valence-corrected chi connectivity index (χ0v) is 14.7. The molecule has 0 saturated carbocycles. The first-order chi connectivity index (χ1) is 12.9. The first-order valence-corrected chi connectivity index (χ1v) is 8.66. The number of carbonyl (C=O) groups excluding carboxylic acids is 3. The molecule has 6 nitrogen and oxygen atoms in total. The topological polar surface area (TPSA) is 71.7 Å². The van der Waals surface area contributed by atoms with E-state index in [0.717, 1.165) is 28.4 Å². The lowest BCUT2D eigenvalue weighted by molar-refractivity contribution is -0.118. The van der Waals surface area contributed by atoms with Crippen LogP contribution in [0.5, 0.6) is 0 Å². The summed E-state index contributed by atoms with van der Waals surface area (Å²) in [5.41, 5.74) is 0.592. The largest absolute Gasteiger partial charge is 0.317 e. The van der Waals surface area contributed by atoms with Gasteiger partial charge in [-0.1, -0.05) is 23.5 Å². The summed E-state index contributed by atoms with van der Waals surface area (Å²) in [6, 6.07) is 8.19. The maximum Gasteiger partial charge on any atom is 0.268 e. The number of amides is 3. The molecule has 0 unspecified atom stereocenters. The standard InChI is InChI=1S/C18H11F2N3O3S/c1-22-15-12(20)6-9(19)7-13(15)27-18(22)21-14(24)8-23-16(25)10-4-2-3-5-11(10)17(23)26/h2-7H,8H2,1H3. The summed E-state index contributed by atoms with van der Waals surface area (Å²) >= 11 is 0.934. The molecule has 2 aromatic carbocycles. The van der Waals surface area contributed by atoms with E-state index in [1.807, 2.05) is 0 Å². The molecule has 136 valence electrons. The lowest BCUT2D eigenvalue weighted by Crippen LogP contribution is -2.35. The number of thiazole rings is 1. The molecule has 4 rings (SSSR count). The van der Waals surface area contributed by atoms with Crippen molar-refractivity contribution in [2.24, 2.45) is 12.0 Å². The molecule has 3 aromatic rings. The SMILES string of the molecule is Cn1c(=NC(=O)CN2C(=O)c3ccccc3C2=O)sc2cc(F)cc(F)c21. The molecule has 0 saturated heterocycles. The highest BCUT2D eigenvalue weighted by molar-refractivity contribution is 7.16. The Balaban J connectivity index is 1.67. The molecule has 0 atom stereocenters.